The van der Waals surface area contributed by atoms with Gasteiger partial charge in [0, 0.05) is 17.3 Å². The molecule has 2 aromatic carbocycles. The van der Waals surface area contributed by atoms with E-state index in [-0.39, 0.29) is 12.3 Å². The van der Waals surface area contributed by atoms with E-state index in [2.05, 4.69) is 48.2 Å². The molecule has 4 rings (SSSR count). The fourth-order valence-corrected chi connectivity index (χ4v) is 3.59. The molecule has 1 N–H and O–H groups in total. The quantitative estimate of drug-likeness (QED) is 0.390. The van der Waals surface area contributed by atoms with E-state index in [1.54, 1.807) is 4.52 Å². The summed E-state index contributed by atoms with van der Waals surface area (Å²) in [7, 11) is 0. The van der Waals surface area contributed by atoms with Gasteiger partial charge in [-0.25, -0.2) is 9.50 Å². The standard InChI is InChI=1S/C26H27N3O3/c1-17(2)20-5-7-22(8-6-20)26-27-24-13-4-19(15-29(24)28-26)16-32-23-11-9-21(10-12-23)18(3)14-25(30)31/h4-13,15,17-18H,14,16H2,1-3H3,(H,30,31). The van der Waals surface area contributed by atoms with E-state index in [9.17, 15) is 4.79 Å². The van der Waals surface area contributed by atoms with Crippen LogP contribution >= 0.6 is 0 Å². The van der Waals surface area contributed by atoms with E-state index in [4.69, 9.17) is 9.84 Å². The van der Waals surface area contributed by atoms with Gasteiger partial charge in [0.15, 0.2) is 11.5 Å². The predicted octanol–water partition coefficient (Wildman–Crippen LogP) is 5.68. The Morgan fingerprint density at radius 3 is 2.31 bits per heavy atom. The molecular formula is C26H27N3O3. The maximum atomic E-state index is 10.9. The fourth-order valence-electron chi connectivity index (χ4n) is 3.59. The van der Waals surface area contributed by atoms with Gasteiger partial charge in [0.2, 0.25) is 0 Å². The molecule has 0 radical (unpaired) electrons. The first-order chi connectivity index (χ1) is 15.4. The van der Waals surface area contributed by atoms with E-state index < -0.39 is 5.97 Å². The van der Waals surface area contributed by atoms with Crippen molar-refractivity contribution in [3.8, 4) is 17.1 Å². The van der Waals surface area contributed by atoms with E-state index in [0.29, 0.717) is 18.3 Å². The van der Waals surface area contributed by atoms with Crippen LogP contribution in [0.2, 0.25) is 0 Å². The highest BCUT2D eigenvalue weighted by molar-refractivity contribution is 5.68. The maximum Gasteiger partial charge on any atom is 0.303 e. The molecule has 0 amide bonds. The number of ether oxygens (including phenoxy) is 1. The topological polar surface area (TPSA) is 76.7 Å². The number of aromatic nitrogens is 3. The van der Waals surface area contributed by atoms with E-state index in [1.165, 1.54) is 5.56 Å². The van der Waals surface area contributed by atoms with Crippen molar-refractivity contribution in [1.29, 1.82) is 0 Å². The maximum absolute atomic E-state index is 10.9. The molecule has 0 saturated carbocycles. The first-order valence-corrected chi connectivity index (χ1v) is 10.8. The van der Waals surface area contributed by atoms with Crippen LogP contribution in [0.1, 0.15) is 55.7 Å². The van der Waals surface area contributed by atoms with Crippen LogP contribution in [0.25, 0.3) is 17.0 Å². The zero-order chi connectivity index (χ0) is 22.7. The number of carbonyl (C=O) groups is 1. The summed E-state index contributed by atoms with van der Waals surface area (Å²) < 4.78 is 7.68. The highest BCUT2D eigenvalue weighted by Crippen LogP contribution is 2.23. The average Bonchev–Trinajstić information content (AvgIpc) is 3.21. The van der Waals surface area contributed by atoms with Crippen LogP contribution in [0, 0.1) is 0 Å². The molecule has 0 spiro atoms. The SMILES string of the molecule is CC(C)c1ccc(-c2nc3ccc(COc4ccc(C(C)CC(=O)O)cc4)cn3n2)cc1. The number of hydrogen-bond acceptors (Lipinski definition) is 4. The molecule has 32 heavy (non-hydrogen) atoms. The average molecular weight is 430 g/mol. The predicted molar refractivity (Wildman–Crippen MR) is 124 cm³/mol. The summed E-state index contributed by atoms with van der Waals surface area (Å²) >= 11 is 0. The molecular weight excluding hydrogens is 402 g/mol. The van der Waals surface area contributed by atoms with Crippen LogP contribution in [0.4, 0.5) is 0 Å². The highest BCUT2D eigenvalue weighted by Gasteiger charge is 2.11. The Morgan fingerprint density at radius 2 is 1.66 bits per heavy atom. The Bertz CT molecular complexity index is 1210. The van der Waals surface area contributed by atoms with Crippen LogP contribution in [0.3, 0.4) is 0 Å². The van der Waals surface area contributed by atoms with Crippen molar-refractivity contribution >= 4 is 11.6 Å². The Hall–Kier alpha value is -3.67. The summed E-state index contributed by atoms with van der Waals surface area (Å²) in [4.78, 5) is 15.5. The second-order valence-electron chi connectivity index (χ2n) is 8.41. The lowest BCUT2D eigenvalue weighted by atomic mass is 9.98. The van der Waals surface area contributed by atoms with Gasteiger partial charge in [-0.1, -0.05) is 63.2 Å². The molecule has 0 fully saturated rings. The third-order valence-corrected chi connectivity index (χ3v) is 5.56. The van der Waals surface area contributed by atoms with Gasteiger partial charge < -0.3 is 9.84 Å². The number of fused-ring (bicyclic) bond motifs is 1. The summed E-state index contributed by atoms with van der Waals surface area (Å²) in [6, 6.07) is 19.9. The highest BCUT2D eigenvalue weighted by atomic mass is 16.5. The van der Waals surface area contributed by atoms with Crippen molar-refractivity contribution in [2.75, 3.05) is 0 Å². The lowest BCUT2D eigenvalue weighted by molar-refractivity contribution is -0.137. The zero-order valence-corrected chi connectivity index (χ0v) is 18.5. The molecule has 2 heterocycles. The minimum atomic E-state index is -0.794. The van der Waals surface area contributed by atoms with Gasteiger partial charge in [0.1, 0.15) is 12.4 Å². The van der Waals surface area contributed by atoms with Crippen molar-refractivity contribution in [3.63, 3.8) is 0 Å². The number of rotatable bonds is 8. The molecule has 4 aromatic rings. The van der Waals surface area contributed by atoms with Crippen LogP contribution in [-0.2, 0) is 11.4 Å². The third-order valence-electron chi connectivity index (χ3n) is 5.56. The Morgan fingerprint density at radius 1 is 0.969 bits per heavy atom. The number of carboxylic acid groups (broad SMARTS) is 1. The van der Waals surface area contributed by atoms with Gasteiger partial charge in [-0.3, -0.25) is 4.79 Å². The van der Waals surface area contributed by atoms with Crippen molar-refractivity contribution < 1.29 is 14.6 Å². The van der Waals surface area contributed by atoms with Gasteiger partial charge in [-0.2, -0.15) is 0 Å². The molecule has 0 bridgehead atoms. The summed E-state index contributed by atoms with van der Waals surface area (Å²) in [6.07, 6.45) is 2.04. The lowest BCUT2D eigenvalue weighted by Crippen LogP contribution is -2.03. The molecule has 0 aliphatic rings. The normalized spacial score (nSPS) is 12.2. The lowest BCUT2D eigenvalue weighted by Gasteiger charge is -2.11. The van der Waals surface area contributed by atoms with Crippen LogP contribution in [0.5, 0.6) is 5.75 Å². The largest absolute Gasteiger partial charge is 0.489 e. The zero-order valence-electron chi connectivity index (χ0n) is 18.5. The van der Waals surface area contributed by atoms with Gasteiger partial charge >= 0.3 is 5.97 Å². The van der Waals surface area contributed by atoms with Gasteiger partial charge in [-0.15, -0.1) is 5.10 Å². The summed E-state index contributed by atoms with van der Waals surface area (Å²) in [5, 5.41) is 13.6. The minimum absolute atomic E-state index is 0.0351. The van der Waals surface area contributed by atoms with Gasteiger partial charge in [0.25, 0.3) is 0 Å². The first-order valence-electron chi connectivity index (χ1n) is 10.8. The first kappa shape index (κ1) is 21.6. The van der Waals surface area contributed by atoms with E-state index in [1.807, 2.05) is 49.5 Å². The third kappa shape index (κ3) is 4.97. The number of aliphatic carboxylic acids is 1. The Kier molecular flexibility index (Phi) is 6.21. The van der Waals surface area contributed by atoms with Crippen molar-refractivity contribution in [2.24, 2.45) is 0 Å². The second-order valence-corrected chi connectivity index (χ2v) is 8.41. The van der Waals surface area contributed by atoms with Crippen molar-refractivity contribution in [1.82, 2.24) is 14.6 Å². The monoisotopic (exact) mass is 429 g/mol. The molecule has 0 aliphatic heterocycles. The summed E-state index contributed by atoms with van der Waals surface area (Å²) in [5.41, 5.74) is 5.04. The molecule has 6 nitrogen and oxygen atoms in total. The number of nitrogens with zero attached hydrogens (tertiary/aromatic N) is 3. The van der Waals surface area contributed by atoms with Gasteiger partial charge in [0.05, 0.1) is 6.42 Å². The van der Waals surface area contributed by atoms with Crippen molar-refractivity contribution in [3.05, 3.63) is 83.6 Å². The summed E-state index contributed by atoms with van der Waals surface area (Å²) in [5.74, 6) is 1.10. The molecule has 1 unspecified atom stereocenters. The van der Waals surface area contributed by atoms with E-state index in [0.717, 1.165) is 28.1 Å². The molecule has 2 aromatic heterocycles. The van der Waals surface area contributed by atoms with Crippen molar-refractivity contribution in [2.45, 2.75) is 45.6 Å². The Labute approximate surface area is 187 Å². The van der Waals surface area contributed by atoms with E-state index >= 15 is 0 Å². The second kappa shape index (κ2) is 9.22. The number of carboxylic acids is 1. The van der Waals surface area contributed by atoms with Crippen LogP contribution in [0.15, 0.2) is 66.9 Å². The number of benzene rings is 2. The Balaban J connectivity index is 1.43. The molecule has 0 aliphatic carbocycles. The van der Waals surface area contributed by atoms with Gasteiger partial charge in [-0.05, 0) is 41.2 Å². The molecule has 0 saturated heterocycles. The molecule has 6 heteroatoms. The summed E-state index contributed by atoms with van der Waals surface area (Å²) in [6.45, 7) is 6.66. The minimum Gasteiger partial charge on any atom is -0.489 e. The fraction of sp³-hybridized carbons (Fsp3) is 0.269. The van der Waals surface area contributed by atoms with Crippen LogP contribution < -0.4 is 4.74 Å². The molecule has 164 valence electrons. The smallest absolute Gasteiger partial charge is 0.303 e. The number of pyridine rings is 1. The molecule has 1 atom stereocenters. The number of hydrogen-bond donors (Lipinski definition) is 1. The van der Waals surface area contributed by atoms with Crippen LogP contribution in [-0.4, -0.2) is 25.7 Å².